The summed E-state index contributed by atoms with van der Waals surface area (Å²) in [5.41, 5.74) is 1.28. The third kappa shape index (κ3) is 3.87. The van der Waals surface area contributed by atoms with E-state index in [0.29, 0.717) is 0 Å². The highest BCUT2D eigenvalue weighted by Crippen LogP contribution is 2.16. The Morgan fingerprint density at radius 2 is 1.86 bits per heavy atom. The minimum atomic E-state index is -0.455. The summed E-state index contributed by atoms with van der Waals surface area (Å²) < 4.78 is 5.17. The molecule has 78 valence electrons. The lowest BCUT2D eigenvalue weighted by Crippen LogP contribution is -2.19. The smallest absolute Gasteiger partial charge is 0.133 e. The van der Waals surface area contributed by atoms with Gasteiger partial charge in [-0.1, -0.05) is 30.3 Å². The van der Waals surface area contributed by atoms with Gasteiger partial charge in [-0.3, -0.25) is 0 Å². The molecule has 0 heterocycles. The van der Waals surface area contributed by atoms with Gasteiger partial charge in [-0.05, 0) is 18.4 Å². The van der Waals surface area contributed by atoms with E-state index in [1.807, 2.05) is 18.2 Å². The quantitative estimate of drug-likeness (QED) is 0.708. The van der Waals surface area contributed by atoms with Gasteiger partial charge in [0.05, 0.1) is 6.10 Å². The normalized spacial score (nSPS) is 13.1. The highest BCUT2D eigenvalue weighted by molar-refractivity contribution is 6.44. The molecular weight excluding hydrogens is 219 g/mol. The predicted octanol–water partition coefficient (Wildman–Crippen LogP) is 3.44. The summed E-state index contributed by atoms with van der Waals surface area (Å²) in [5.74, 6) is 0. The van der Waals surface area contributed by atoms with Gasteiger partial charge < -0.3 is 4.74 Å². The number of hydrogen-bond acceptors (Lipinski definition) is 1. The topological polar surface area (TPSA) is 9.23 Å². The molecule has 0 N–H and O–H groups in total. The van der Waals surface area contributed by atoms with E-state index >= 15 is 0 Å². The molecule has 1 nitrogen and oxygen atoms in total. The molecule has 0 saturated heterocycles. The van der Waals surface area contributed by atoms with E-state index < -0.39 is 4.84 Å². The number of benzene rings is 1. The van der Waals surface area contributed by atoms with Crippen molar-refractivity contribution in [1.29, 1.82) is 0 Å². The van der Waals surface area contributed by atoms with E-state index in [9.17, 15) is 0 Å². The second kappa shape index (κ2) is 6.28. The molecule has 0 bridgehead atoms. The summed E-state index contributed by atoms with van der Waals surface area (Å²) >= 11 is 11.5. The first-order valence-electron chi connectivity index (χ1n) is 4.59. The van der Waals surface area contributed by atoms with Crippen LogP contribution in [0.1, 0.15) is 12.0 Å². The van der Waals surface area contributed by atoms with Crippen LogP contribution < -0.4 is 0 Å². The lowest BCUT2D eigenvalue weighted by molar-refractivity contribution is 0.106. The lowest BCUT2D eigenvalue weighted by Gasteiger charge is -2.15. The second-order valence-corrected chi connectivity index (χ2v) is 4.30. The first-order chi connectivity index (χ1) is 6.74. The standard InChI is InChI=1S/C11H14Cl2O/c1-14-10(11(12)13)8-7-9-5-3-2-4-6-9/h2-6,10-11H,7-8H2,1H3. The number of methoxy groups -OCH3 is 1. The number of halogens is 2. The van der Waals surface area contributed by atoms with Gasteiger partial charge in [-0.15, -0.1) is 23.2 Å². The molecule has 0 aromatic heterocycles. The maximum Gasteiger partial charge on any atom is 0.133 e. The van der Waals surface area contributed by atoms with Crippen molar-refractivity contribution >= 4 is 23.2 Å². The van der Waals surface area contributed by atoms with E-state index in [1.165, 1.54) is 5.56 Å². The zero-order valence-corrected chi connectivity index (χ0v) is 9.63. The Morgan fingerprint density at radius 1 is 1.21 bits per heavy atom. The molecule has 0 saturated carbocycles. The van der Waals surface area contributed by atoms with Crippen molar-refractivity contribution in [3.8, 4) is 0 Å². The van der Waals surface area contributed by atoms with Crippen molar-refractivity contribution < 1.29 is 4.74 Å². The summed E-state index contributed by atoms with van der Waals surface area (Å²) in [6.07, 6.45) is 1.70. The van der Waals surface area contributed by atoms with E-state index in [4.69, 9.17) is 27.9 Å². The Bertz CT molecular complexity index is 249. The Hall–Kier alpha value is -0.240. The highest BCUT2D eigenvalue weighted by atomic mass is 35.5. The van der Waals surface area contributed by atoms with Crippen LogP contribution in [0.3, 0.4) is 0 Å². The summed E-state index contributed by atoms with van der Waals surface area (Å²) in [6, 6.07) is 10.2. The van der Waals surface area contributed by atoms with Gasteiger partial charge >= 0.3 is 0 Å². The van der Waals surface area contributed by atoms with Gasteiger partial charge in [0.25, 0.3) is 0 Å². The molecule has 1 unspecified atom stereocenters. The third-order valence-electron chi connectivity index (χ3n) is 2.14. The average molecular weight is 233 g/mol. The molecule has 0 aliphatic carbocycles. The van der Waals surface area contributed by atoms with E-state index in [0.717, 1.165) is 12.8 Å². The minimum Gasteiger partial charge on any atom is -0.379 e. The van der Waals surface area contributed by atoms with E-state index in [2.05, 4.69) is 12.1 Å². The van der Waals surface area contributed by atoms with Gasteiger partial charge in [-0.25, -0.2) is 0 Å². The van der Waals surface area contributed by atoms with Crippen molar-refractivity contribution in [3.63, 3.8) is 0 Å². The van der Waals surface area contributed by atoms with Crippen molar-refractivity contribution in [3.05, 3.63) is 35.9 Å². The molecule has 1 aromatic rings. The largest absolute Gasteiger partial charge is 0.379 e. The first kappa shape index (κ1) is 11.8. The first-order valence-corrected chi connectivity index (χ1v) is 5.46. The third-order valence-corrected chi connectivity index (χ3v) is 2.71. The van der Waals surface area contributed by atoms with Crippen LogP contribution in [0.2, 0.25) is 0 Å². The lowest BCUT2D eigenvalue weighted by atomic mass is 10.1. The number of ether oxygens (including phenoxy) is 1. The number of hydrogen-bond donors (Lipinski definition) is 0. The molecule has 0 amide bonds. The van der Waals surface area contributed by atoms with Crippen LogP contribution in [0.4, 0.5) is 0 Å². The van der Waals surface area contributed by atoms with Crippen LogP contribution in [-0.2, 0) is 11.2 Å². The van der Waals surface area contributed by atoms with Gasteiger partial charge in [0.2, 0.25) is 0 Å². The second-order valence-electron chi connectivity index (χ2n) is 3.13. The van der Waals surface area contributed by atoms with E-state index in [1.54, 1.807) is 7.11 Å². The summed E-state index contributed by atoms with van der Waals surface area (Å²) in [6.45, 7) is 0. The minimum absolute atomic E-state index is 0.0847. The van der Waals surface area contributed by atoms with Gasteiger partial charge in [0.15, 0.2) is 0 Å². The summed E-state index contributed by atoms with van der Waals surface area (Å²) in [7, 11) is 1.63. The molecule has 0 aliphatic rings. The monoisotopic (exact) mass is 232 g/mol. The average Bonchev–Trinajstić information content (AvgIpc) is 2.20. The molecule has 1 aromatic carbocycles. The Kier molecular flexibility index (Phi) is 5.31. The molecule has 1 rings (SSSR count). The number of aryl methyl sites for hydroxylation is 1. The molecule has 1 atom stereocenters. The van der Waals surface area contributed by atoms with Crippen LogP contribution in [0, 0.1) is 0 Å². The Balaban J connectivity index is 2.40. The fourth-order valence-corrected chi connectivity index (χ4v) is 1.76. The molecule has 3 heteroatoms. The highest BCUT2D eigenvalue weighted by Gasteiger charge is 2.15. The fourth-order valence-electron chi connectivity index (χ4n) is 1.30. The Morgan fingerprint density at radius 3 is 2.36 bits per heavy atom. The molecule has 0 spiro atoms. The van der Waals surface area contributed by atoms with Gasteiger partial charge in [-0.2, -0.15) is 0 Å². The van der Waals surface area contributed by atoms with Crippen LogP contribution in [0.25, 0.3) is 0 Å². The van der Waals surface area contributed by atoms with Crippen molar-refractivity contribution in [1.82, 2.24) is 0 Å². The van der Waals surface area contributed by atoms with Crippen LogP contribution in [0.5, 0.6) is 0 Å². The van der Waals surface area contributed by atoms with Crippen LogP contribution in [0.15, 0.2) is 30.3 Å². The zero-order chi connectivity index (χ0) is 10.4. The molecule has 0 aliphatic heterocycles. The maximum absolute atomic E-state index is 5.75. The predicted molar refractivity (Wildman–Crippen MR) is 61.1 cm³/mol. The fraction of sp³-hybridized carbons (Fsp3) is 0.455. The van der Waals surface area contributed by atoms with Crippen molar-refractivity contribution in [2.75, 3.05) is 7.11 Å². The van der Waals surface area contributed by atoms with Crippen molar-refractivity contribution in [2.24, 2.45) is 0 Å². The SMILES string of the molecule is COC(CCc1ccccc1)C(Cl)Cl. The molecule has 14 heavy (non-hydrogen) atoms. The van der Waals surface area contributed by atoms with E-state index in [-0.39, 0.29) is 6.10 Å². The number of alkyl halides is 2. The summed E-state index contributed by atoms with van der Waals surface area (Å²) in [4.78, 5) is -0.455. The van der Waals surface area contributed by atoms with Crippen LogP contribution >= 0.6 is 23.2 Å². The molecule has 0 fully saturated rings. The molecule has 0 radical (unpaired) electrons. The molecular formula is C11H14Cl2O. The number of rotatable bonds is 5. The van der Waals surface area contributed by atoms with Gasteiger partial charge in [0, 0.05) is 7.11 Å². The van der Waals surface area contributed by atoms with Crippen molar-refractivity contribution in [2.45, 2.75) is 23.8 Å². The summed E-state index contributed by atoms with van der Waals surface area (Å²) in [5, 5.41) is 0. The van der Waals surface area contributed by atoms with Crippen LogP contribution in [-0.4, -0.2) is 18.1 Å². The Labute approximate surface area is 95.0 Å². The zero-order valence-electron chi connectivity index (χ0n) is 8.12. The van der Waals surface area contributed by atoms with Gasteiger partial charge in [0.1, 0.15) is 4.84 Å². The maximum atomic E-state index is 5.75.